The van der Waals surface area contributed by atoms with Crippen molar-refractivity contribution in [2.24, 2.45) is 0 Å². The highest BCUT2D eigenvalue weighted by Gasteiger charge is 2.11. The van der Waals surface area contributed by atoms with Crippen molar-refractivity contribution in [3.05, 3.63) is 46.4 Å². The molecule has 0 radical (unpaired) electrons. The molecular formula is C15H12N4OS. The van der Waals surface area contributed by atoms with Gasteiger partial charge in [-0.2, -0.15) is 5.10 Å². The Morgan fingerprint density at radius 1 is 1.48 bits per heavy atom. The topological polar surface area (TPSA) is 63.6 Å². The summed E-state index contributed by atoms with van der Waals surface area (Å²) in [5.41, 5.74) is 2.31. The molecule has 2 heterocycles. The summed E-state index contributed by atoms with van der Waals surface area (Å²) >= 11 is 1.32. The van der Waals surface area contributed by atoms with E-state index in [0.29, 0.717) is 21.9 Å². The van der Waals surface area contributed by atoms with Gasteiger partial charge >= 0.3 is 0 Å². The van der Waals surface area contributed by atoms with Gasteiger partial charge in [-0.3, -0.25) is 4.79 Å². The zero-order valence-electron chi connectivity index (χ0n) is 11.3. The maximum absolute atomic E-state index is 12.1. The molecule has 0 saturated carbocycles. The first-order valence-electron chi connectivity index (χ1n) is 6.30. The predicted molar refractivity (Wildman–Crippen MR) is 83.8 cm³/mol. The molecule has 0 atom stereocenters. The molecule has 0 bridgehead atoms. The van der Waals surface area contributed by atoms with Crippen molar-refractivity contribution in [3.63, 3.8) is 0 Å². The van der Waals surface area contributed by atoms with Crippen LogP contribution in [0, 0.1) is 19.3 Å². The van der Waals surface area contributed by atoms with Crippen LogP contribution in [0.4, 0.5) is 0 Å². The fraction of sp³-hybridized carbons (Fsp3) is 0.133. The van der Waals surface area contributed by atoms with Gasteiger partial charge < -0.3 is 4.98 Å². The maximum atomic E-state index is 12.1. The SMILES string of the molecule is C#CCSc1nc2c(cnn2-c2cccc(C)c2)c(=O)[nH]1. The Balaban J connectivity index is 2.18. The molecule has 0 saturated heterocycles. The van der Waals surface area contributed by atoms with E-state index in [0.717, 1.165) is 11.3 Å². The summed E-state index contributed by atoms with van der Waals surface area (Å²) in [7, 11) is 0. The second-order valence-electron chi connectivity index (χ2n) is 4.50. The Morgan fingerprint density at radius 2 is 2.33 bits per heavy atom. The van der Waals surface area contributed by atoms with Crippen LogP contribution in [0.25, 0.3) is 16.7 Å². The number of thioether (sulfide) groups is 1. The third-order valence-corrected chi connectivity index (χ3v) is 3.73. The number of nitrogens with one attached hydrogen (secondary N) is 1. The average molecular weight is 296 g/mol. The number of terminal acetylenes is 1. The first-order chi connectivity index (χ1) is 10.2. The Hall–Kier alpha value is -2.52. The minimum atomic E-state index is -0.210. The maximum Gasteiger partial charge on any atom is 0.262 e. The van der Waals surface area contributed by atoms with Gasteiger partial charge in [0.1, 0.15) is 5.39 Å². The number of aryl methyl sites for hydroxylation is 1. The van der Waals surface area contributed by atoms with Crippen LogP contribution in [-0.4, -0.2) is 25.5 Å². The molecule has 1 N–H and O–H groups in total. The van der Waals surface area contributed by atoms with Gasteiger partial charge in [0.2, 0.25) is 0 Å². The summed E-state index contributed by atoms with van der Waals surface area (Å²) in [4.78, 5) is 19.2. The van der Waals surface area contributed by atoms with Crippen molar-refractivity contribution in [2.45, 2.75) is 12.1 Å². The number of hydrogen-bond acceptors (Lipinski definition) is 4. The standard InChI is InChI=1S/C15H12N4OS/c1-3-7-21-15-17-13-12(14(20)18-15)9-16-19(13)11-6-4-5-10(2)8-11/h1,4-6,8-9H,7H2,2H3,(H,17,18,20). The van der Waals surface area contributed by atoms with E-state index in [1.807, 2.05) is 31.2 Å². The Labute approximate surface area is 125 Å². The lowest BCUT2D eigenvalue weighted by atomic mass is 10.2. The van der Waals surface area contributed by atoms with E-state index in [1.165, 1.54) is 18.0 Å². The molecule has 0 fully saturated rings. The van der Waals surface area contributed by atoms with Crippen molar-refractivity contribution < 1.29 is 0 Å². The predicted octanol–water partition coefficient (Wildman–Crippen LogP) is 2.14. The molecule has 3 rings (SSSR count). The van der Waals surface area contributed by atoms with Crippen LogP contribution < -0.4 is 5.56 Å². The molecule has 1 aromatic carbocycles. The minimum absolute atomic E-state index is 0.210. The molecule has 0 aliphatic rings. The summed E-state index contributed by atoms with van der Waals surface area (Å²) < 4.78 is 1.66. The summed E-state index contributed by atoms with van der Waals surface area (Å²) in [5.74, 6) is 2.96. The largest absolute Gasteiger partial charge is 0.301 e. The monoisotopic (exact) mass is 296 g/mol. The van der Waals surface area contributed by atoms with E-state index in [1.54, 1.807) is 4.68 Å². The van der Waals surface area contributed by atoms with Gasteiger partial charge in [0.15, 0.2) is 10.8 Å². The van der Waals surface area contributed by atoms with Gasteiger partial charge in [-0.25, -0.2) is 9.67 Å². The van der Waals surface area contributed by atoms with E-state index >= 15 is 0 Å². The van der Waals surface area contributed by atoms with Crippen molar-refractivity contribution >= 4 is 22.8 Å². The number of fused-ring (bicyclic) bond motifs is 1. The van der Waals surface area contributed by atoms with E-state index < -0.39 is 0 Å². The lowest BCUT2D eigenvalue weighted by molar-refractivity contribution is 0.872. The smallest absolute Gasteiger partial charge is 0.262 e. The van der Waals surface area contributed by atoms with Gasteiger partial charge in [-0.15, -0.1) is 6.42 Å². The highest BCUT2D eigenvalue weighted by atomic mass is 32.2. The number of rotatable bonds is 3. The van der Waals surface area contributed by atoms with Crippen LogP contribution in [0.5, 0.6) is 0 Å². The number of hydrogen-bond donors (Lipinski definition) is 1. The molecule has 0 aliphatic carbocycles. The summed E-state index contributed by atoms with van der Waals surface area (Å²) in [6, 6.07) is 7.86. The second-order valence-corrected chi connectivity index (χ2v) is 5.46. The molecular weight excluding hydrogens is 284 g/mol. The molecule has 0 spiro atoms. The fourth-order valence-corrected chi connectivity index (χ4v) is 2.56. The van der Waals surface area contributed by atoms with Crippen molar-refractivity contribution in [3.8, 4) is 18.0 Å². The molecule has 21 heavy (non-hydrogen) atoms. The van der Waals surface area contributed by atoms with Crippen LogP contribution in [0.3, 0.4) is 0 Å². The minimum Gasteiger partial charge on any atom is -0.301 e. The average Bonchev–Trinajstić information content (AvgIpc) is 2.89. The Bertz CT molecular complexity index is 904. The van der Waals surface area contributed by atoms with Crippen molar-refractivity contribution in [1.29, 1.82) is 0 Å². The van der Waals surface area contributed by atoms with E-state index in [2.05, 4.69) is 21.0 Å². The third kappa shape index (κ3) is 2.56. The van der Waals surface area contributed by atoms with Crippen LogP contribution in [-0.2, 0) is 0 Å². The van der Waals surface area contributed by atoms with Crippen LogP contribution in [0.2, 0.25) is 0 Å². The second kappa shape index (κ2) is 5.46. The zero-order valence-corrected chi connectivity index (χ0v) is 12.1. The number of nitrogens with zero attached hydrogens (tertiary/aromatic N) is 3. The molecule has 5 nitrogen and oxygen atoms in total. The quantitative estimate of drug-likeness (QED) is 0.457. The molecule has 104 valence electrons. The summed E-state index contributed by atoms with van der Waals surface area (Å²) in [6.07, 6.45) is 6.76. The fourth-order valence-electron chi connectivity index (χ4n) is 2.03. The molecule has 2 aromatic heterocycles. The highest BCUT2D eigenvalue weighted by Crippen LogP contribution is 2.18. The molecule has 3 aromatic rings. The number of aromatic amines is 1. The van der Waals surface area contributed by atoms with Gasteiger partial charge in [0.25, 0.3) is 5.56 Å². The van der Waals surface area contributed by atoms with Crippen LogP contribution in [0.1, 0.15) is 5.56 Å². The van der Waals surface area contributed by atoms with Gasteiger partial charge in [-0.05, 0) is 24.6 Å². The van der Waals surface area contributed by atoms with Gasteiger partial charge in [-0.1, -0.05) is 29.8 Å². The van der Waals surface area contributed by atoms with Crippen molar-refractivity contribution in [2.75, 3.05) is 5.75 Å². The normalized spacial score (nSPS) is 10.7. The number of benzene rings is 1. The molecule has 0 aliphatic heterocycles. The lowest BCUT2D eigenvalue weighted by Crippen LogP contribution is -2.09. The first kappa shape index (κ1) is 13.5. The Morgan fingerprint density at radius 3 is 3.10 bits per heavy atom. The summed E-state index contributed by atoms with van der Waals surface area (Å²) in [5, 5.41) is 5.23. The van der Waals surface area contributed by atoms with E-state index in [4.69, 9.17) is 6.42 Å². The highest BCUT2D eigenvalue weighted by molar-refractivity contribution is 7.99. The van der Waals surface area contributed by atoms with Crippen molar-refractivity contribution in [1.82, 2.24) is 19.7 Å². The van der Waals surface area contributed by atoms with E-state index in [-0.39, 0.29) is 5.56 Å². The molecule has 6 heteroatoms. The first-order valence-corrected chi connectivity index (χ1v) is 7.29. The van der Waals surface area contributed by atoms with Crippen LogP contribution >= 0.6 is 11.8 Å². The zero-order chi connectivity index (χ0) is 14.8. The Kier molecular flexibility index (Phi) is 3.50. The van der Waals surface area contributed by atoms with E-state index in [9.17, 15) is 4.79 Å². The molecule has 0 amide bonds. The molecule has 0 unspecified atom stereocenters. The number of H-pyrrole nitrogens is 1. The van der Waals surface area contributed by atoms with Crippen LogP contribution in [0.15, 0.2) is 40.4 Å². The summed E-state index contributed by atoms with van der Waals surface area (Å²) in [6.45, 7) is 2.00. The third-order valence-electron chi connectivity index (χ3n) is 2.95. The van der Waals surface area contributed by atoms with Gasteiger partial charge in [0, 0.05) is 0 Å². The number of aromatic nitrogens is 4. The lowest BCUT2D eigenvalue weighted by Gasteiger charge is -2.04. The van der Waals surface area contributed by atoms with Gasteiger partial charge in [0.05, 0.1) is 17.6 Å².